The van der Waals surface area contributed by atoms with Gasteiger partial charge in [0.25, 0.3) is 0 Å². The van der Waals surface area contributed by atoms with Crippen LogP contribution in [0.5, 0.6) is 0 Å². The van der Waals surface area contributed by atoms with E-state index in [1.165, 1.54) is 5.39 Å². The molecule has 0 bridgehead atoms. The molecule has 8 aromatic carbocycles. The van der Waals surface area contributed by atoms with E-state index in [9.17, 15) is 0 Å². The number of para-hydroxylation sites is 2. The van der Waals surface area contributed by atoms with E-state index in [1.807, 2.05) is 48.5 Å². The molecule has 0 unspecified atom stereocenters. The Morgan fingerprint density at radius 2 is 1.00 bits per heavy atom. The van der Waals surface area contributed by atoms with Crippen molar-refractivity contribution in [3.63, 3.8) is 0 Å². The van der Waals surface area contributed by atoms with E-state index in [0.717, 1.165) is 87.9 Å². The molecule has 0 N–H and O–H groups in total. The fourth-order valence-electron chi connectivity index (χ4n) is 7.57. The van der Waals surface area contributed by atoms with E-state index in [0.29, 0.717) is 17.5 Å². The molecule has 11 aromatic rings. The van der Waals surface area contributed by atoms with Gasteiger partial charge >= 0.3 is 0 Å². The number of hydrogen-bond acceptors (Lipinski definition) is 5. The van der Waals surface area contributed by atoms with Gasteiger partial charge in [-0.1, -0.05) is 127 Å². The van der Waals surface area contributed by atoms with Gasteiger partial charge in [0.05, 0.1) is 0 Å². The van der Waals surface area contributed by atoms with Crippen LogP contribution in [0.15, 0.2) is 173 Å². The van der Waals surface area contributed by atoms with Crippen molar-refractivity contribution in [1.82, 2.24) is 15.0 Å². The van der Waals surface area contributed by atoms with Gasteiger partial charge in [-0.15, -0.1) is 0 Å². The Bertz CT molecular complexity index is 3190. The number of furan rings is 2. The van der Waals surface area contributed by atoms with Crippen LogP contribution in [0.1, 0.15) is 0 Å². The molecular weight excluding hydrogens is 639 g/mol. The highest BCUT2D eigenvalue weighted by atomic mass is 16.3. The second-order valence-corrected chi connectivity index (χ2v) is 13.2. The first-order valence-corrected chi connectivity index (χ1v) is 17.3. The Balaban J connectivity index is 1.19. The summed E-state index contributed by atoms with van der Waals surface area (Å²) in [6.07, 6.45) is 0. The molecule has 0 spiro atoms. The van der Waals surface area contributed by atoms with Gasteiger partial charge in [0.1, 0.15) is 22.3 Å². The highest BCUT2D eigenvalue weighted by molar-refractivity contribution is 6.16. The van der Waals surface area contributed by atoms with Gasteiger partial charge in [-0.3, -0.25) is 0 Å². The molecule has 242 valence electrons. The van der Waals surface area contributed by atoms with E-state index in [1.54, 1.807) is 0 Å². The average Bonchev–Trinajstić information content (AvgIpc) is 3.77. The Morgan fingerprint density at radius 1 is 0.327 bits per heavy atom. The van der Waals surface area contributed by atoms with Crippen LogP contribution in [0.25, 0.3) is 111 Å². The predicted octanol–water partition coefficient (Wildman–Crippen LogP) is 12.6. The Labute approximate surface area is 297 Å². The number of benzene rings is 8. The maximum absolute atomic E-state index is 6.68. The molecule has 0 saturated heterocycles. The number of hydrogen-bond donors (Lipinski definition) is 0. The van der Waals surface area contributed by atoms with Gasteiger partial charge in [-0.2, -0.15) is 0 Å². The number of fused-ring (bicyclic) bond motifs is 8. The minimum atomic E-state index is 0.568. The van der Waals surface area contributed by atoms with E-state index in [-0.39, 0.29) is 0 Å². The molecule has 0 aliphatic rings. The second-order valence-electron chi connectivity index (χ2n) is 13.2. The summed E-state index contributed by atoms with van der Waals surface area (Å²) in [5.41, 5.74) is 7.84. The number of aromatic nitrogens is 3. The summed E-state index contributed by atoms with van der Waals surface area (Å²) in [5, 5.41) is 8.73. The first kappa shape index (κ1) is 28.7. The van der Waals surface area contributed by atoms with Crippen LogP contribution in [0.3, 0.4) is 0 Å². The minimum absolute atomic E-state index is 0.568. The lowest BCUT2D eigenvalue weighted by molar-refractivity contribution is 0.668. The van der Waals surface area contributed by atoms with Crippen LogP contribution in [0.2, 0.25) is 0 Å². The third kappa shape index (κ3) is 4.53. The van der Waals surface area contributed by atoms with Gasteiger partial charge in [0.15, 0.2) is 17.5 Å². The van der Waals surface area contributed by atoms with Crippen molar-refractivity contribution >= 4 is 65.4 Å². The number of nitrogens with zero attached hydrogens (tertiary/aromatic N) is 3. The highest BCUT2D eigenvalue weighted by Crippen LogP contribution is 2.43. The monoisotopic (exact) mass is 665 g/mol. The molecule has 3 heterocycles. The molecule has 3 aromatic heterocycles. The summed E-state index contributed by atoms with van der Waals surface area (Å²) in [6.45, 7) is 0. The zero-order chi connectivity index (χ0) is 34.2. The van der Waals surface area contributed by atoms with E-state index in [4.69, 9.17) is 23.8 Å². The molecule has 0 aliphatic heterocycles. The quantitative estimate of drug-likeness (QED) is 0.187. The van der Waals surface area contributed by atoms with Crippen molar-refractivity contribution in [2.24, 2.45) is 0 Å². The average molecular weight is 666 g/mol. The summed E-state index contributed by atoms with van der Waals surface area (Å²) >= 11 is 0. The lowest BCUT2D eigenvalue weighted by Crippen LogP contribution is -2.00. The van der Waals surface area contributed by atoms with Gasteiger partial charge in [-0.05, 0) is 63.5 Å². The van der Waals surface area contributed by atoms with Crippen molar-refractivity contribution in [2.75, 3.05) is 0 Å². The summed E-state index contributed by atoms with van der Waals surface area (Å²) in [6, 6.07) is 56.3. The largest absolute Gasteiger partial charge is 0.456 e. The third-order valence-electron chi connectivity index (χ3n) is 10.1. The molecule has 0 fully saturated rings. The molecule has 0 radical (unpaired) electrons. The topological polar surface area (TPSA) is 65.0 Å². The molecule has 5 nitrogen and oxygen atoms in total. The first-order valence-electron chi connectivity index (χ1n) is 17.3. The lowest BCUT2D eigenvalue weighted by Gasteiger charge is -2.11. The van der Waals surface area contributed by atoms with Crippen molar-refractivity contribution in [3.05, 3.63) is 164 Å². The standard InChI is InChI=1S/C47H27N3O2/c1-2-12-29(13-3-1)45-48-46(33-22-21-28-11-4-5-14-30(28)23-33)50-47(49-45)39-25-34(27-42-43(39)37-17-8-9-20-40(37)51-42)35-18-10-19-36-38-24-31-15-6-7-16-32(31)26-41(38)52-44(35)36/h1-27H. The summed E-state index contributed by atoms with van der Waals surface area (Å²) < 4.78 is 13.3. The smallest absolute Gasteiger partial charge is 0.164 e. The maximum Gasteiger partial charge on any atom is 0.164 e. The zero-order valence-electron chi connectivity index (χ0n) is 27.7. The fraction of sp³-hybridized carbons (Fsp3) is 0. The highest BCUT2D eigenvalue weighted by Gasteiger charge is 2.21. The molecule has 0 aliphatic carbocycles. The lowest BCUT2D eigenvalue weighted by atomic mass is 9.96. The van der Waals surface area contributed by atoms with Crippen molar-refractivity contribution in [2.45, 2.75) is 0 Å². The van der Waals surface area contributed by atoms with Gasteiger partial charge < -0.3 is 8.83 Å². The molecular formula is C47H27N3O2. The summed E-state index contributed by atoms with van der Waals surface area (Å²) in [5.74, 6) is 1.78. The molecule has 52 heavy (non-hydrogen) atoms. The third-order valence-corrected chi connectivity index (χ3v) is 10.1. The molecule has 11 rings (SSSR count). The zero-order valence-corrected chi connectivity index (χ0v) is 27.7. The van der Waals surface area contributed by atoms with Crippen LogP contribution in [-0.2, 0) is 0 Å². The molecule has 0 atom stereocenters. The SMILES string of the molecule is c1ccc(-c2nc(-c3ccc4ccccc4c3)nc(-c3cc(-c4cccc5c4oc4cc6ccccc6cc45)cc4oc5ccccc5c34)n2)cc1. The van der Waals surface area contributed by atoms with Crippen LogP contribution in [0.4, 0.5) is 0 Å². The predicted molar refractivity (Wildman–Crippen MR) is 211 cm³/mol. The van der Waals surface area contributed by atoms with Crippen molar-refractivity contribution in [3.8, 4) is 45.3 Å². The van der Waals surface area contributed by atoms with Gasteiger partial charge in [0, 0.05) is 43.8 Å². The normalized spacial score (nSPS) is 11.8. The van der Waals surface area contributed by atoms with Gasteiger partial charge in [-0.25, -0.2) is 15.0 Å². The maximum atomic E-state index is 6.68. The van der Waals surface area contributed by atoms with Crippen LogP contribution >= 0.6 is 0 Å². The molecule has 0 amide bonds. The summed E-state index contributed by atoms with van der Waals surface area (Å²) in [7, 11) is 0. The second kappa shape index (κ2) is 11.2. The van der Waals surface area contributed by atoms with Gasteiger partial charge in [0.2, 0.25) is 0 Å². The number of rotatable bonds is 4. The van der Waals surface area contributed by atoms with E-state index < -0.39 is 0 Å². The fourth-order valence-corrected chi connectivity index (χ4v) is 7.57. The Hall–Kier alpha value is -7.11. The van der Waals surface area contributed by atoms with Crippen molar-refractivity contribution < 1.29 is 8.83 Å². The Morgan fingerprint density at radius 3 is 1.85 bits per heavy atom. The Kier molecular flexibility index (Phi) is 6.18. The minimum Gasteiger partial charge on any atom is -0.456 e. The van der Waals surface area contributed by atoms with Crippen LogP contribution in [-0.4, -0.2) is 15.0 Å². The van der Waals surface area contributed by atoms with Crippen molar-refractivity contribution in [1.29, 1.82) is 0 Å². The first-order chi connectivity index (χ1) is 25.7. The molecule has 5 heteroatoms. The van der Waals surface area contributed by atoms with E-state index in [2.05, 4.69) is 115 Å². The summed E-state index contributed by atoms with van der Waals surface area (Å²) in [4.78, 5) is 15.4. The van der Waals surface area contributed by atoms with Crippen LogP contribution in [0, 0.1) is 0 Å². The van der Waals surface area contributed by atoms with E-state index >= 15 is 0 Å². The van der Waals surface area contributed by atoms with Crippen LogP contribution < -0.4 is 0 Å². The molecule has 0 saturated carbocycles.